The maximum Gasteiger partial charge on any atom is 0.139 e. The van der Waals surface area contributed by atoms with Crippen molar-refractivity contribution < 1.29 is 10.2 Å². The highest BCUT2D eigenvalue weighted by molar-refractivity contribution is 5.99. The maximum atomic E-state index is 9.45. The molecule has 0 aromatic carbocycles. The second kappa shape index (κ2) is 4.07. The number of nitrogen functional groups attached to an aromatic ring is 1. The summed E-state index contributed by atoms with van der Waals surface area (Å²) in [5, 5.41) is 26.3. The van der Waals surface area contributed by atoms with Gasteiger partial charge in [-0.15, -0.1) is 0 Å². The lowest BCUT2D eigenvalue weighted by Gasteiger charge is -2.19. The Morgan fingerprint density at radius 2 is 2.06 bits per heavy atom. The summed E-state index contributed by atoms with van der Waals surface area (Å²) < 4.78 is 0. The number of anilines is 1. The smallest absolute Gasteiger partial charge is 0.139 e. The molecule has 6 nitrogen and oxygen atoms in total. The van der Waals surface area contributed by atoms with Gasteiger partial charge in [-0.3, -0.25) is 5.41 Å². The first-order valence-electron chi connectivity index (χ1n) is 5.00. The average molecular weight is 222 g/mol. The summed E-state index contributed by atoms with van der Waals surface area (Å²) in [5.41, 5.74) is 5.96. The molecular weight excluding hydrogens is 208 g/mol. The van der Waals surface area contributed by atoms with Gasteiger partial charge in [0.2, 0.25) is 0 Å². The molecule has 2 rings (SSSR count). The lowest BCUT2D eigenvalue weighted by molar-refractivity contribution is 0.0572. The lowest BCUT2D eigenvalue weighted by Crippen LogP contribution is -2.26. The van der Waals surface area contributed by atoms with Crippen LogP contribution in [0.5, 0.6) is 0 Å². The van der Waals surface area contributed by atoms with Crippen molar-refractivity contribution in [3.63, 3.8) is 0 Å². The minimum absolute atomic E-state index is 0.0704. The number of pyridine rings is 1. The van der Waals surface area contributed by atoms with Gasteiger partial charge in [0.15, 0.2) is 0 Å². The van der Waals surface area contributed by atoms with E-state index in [1.54, 1.807) is 23.2 Å². The lowest BCUT2D eigenvalue weighted by atomic mass is 10.2. The molecule has 0 amide bonds. The molecule has 0 radical (unpaired) electrons. The van der Waals surface area contributed by atoms with Gasteiger partial charge in [-0.25, -0.2) is 4.98 Å². The molecule has 2 unspecified atom stereocenters. The topological polar surface area (TPSA) is 106 Å². The van der Waals surface area contributed by atoms with Crippen LogP contribution in [0, 0.1) is 5.41 Å². The van der Waals surface area contributed by atoms with Crippen molar-refractivity contribution in [2.75, 3.05) is 18.0 Å². The van der Waals surface area contributed by atoms with Crippen molar-refractivity contribution in [1.82, 2.24) is 4.98 Å². The van der Waals surface area contributed by atoms with E-state index in [1.165, 1.54) is 0 Å². The Bertz CT molecular complexity index is 400. The molecule has 0 aliphatic carbocycles. The number of nitrogens with zero attached hydrogens (tertiary/aromatic N) is 2. The third-order valence-electron chi connectivity index (χ3n) is 2.64. The zero-order valence-corrected chi connectivity index (χ0v) is 8.67. The first-order valence-corrected chi connectivity index (χ1v) is 5.00. The second-order valence-electron chi connectivity index (χ2n) is 3.83. The van der Waals surface area contributed by atoms with Crippen LogP contribution in [0.4, 0.5) is 5.82 Å². The van der Waals surface area contributed by atoms with Gasteiger partial charge in [-0.05, 0) is 12.1 Å². The van der Waals surface area contributed by atoms with Gasteiger partial charge < -0.3 is 20.8 Å². The van der Waals surface area contributed by atoms with Gasteiger partial charge in [-0.2, -0.15) is 0 Å². The first-order chi connectivity index (χ1) is 7.59. The van der Waals surface area contributed by atoms with E-state index in [0.717, 1.165) is 0 Å². The fourth-order valence-corrected chi connectivity index (χ4v) is 1.80. The SMILES string of the molecule is N=C(N)c1cccnc1N1CC(O)C(O)C1. The first kappa shape index (κ1) is 10.8. The van der Waals surface area contributed by atoms with E-state index in [-0.39, 0.29) is 5.84 Å². The molecule has 1 aromatic heterocycles. The number of hydrogen-bond acceptors (Lipinski definition) is 5. The van der Waals surface area contributed by atoms with Crippen LogP contribution in [0.1, 0.15) is 5.56 Å². The largest absolute Gasteiger partial charge is 0.389 e. The Kier molecular flexibility index (Phi) is 2.76. The molecule has 6 heteroatoms. The van der Waals surface area contributed by atoms with Crippen LogP contribution >= 0.6 is 0 Å². The van der Waals surface area contributed by atoms with E-state index >= 15 is 0 Å². The summed E-state index contributed by atoms with van der Waals surface area (Å²) in [5.74, 6) is 0.463. The number of nitrogens with two attached hydrogens (primary N) is 1. The van der Waals surface area contributed by atoms with Gasteiger partial charge in [-0.1, -0.05) is 0 Å². The number of hydrogen-bond donors (Lipinski definition) is 4. The minimum atomic E-state index is -0.776. The molecule has 0 bridgehead atoms. The van der Waals surface area contributed by atoms with Gasteiger partial charge in [0.05, 0.1) is 17.8 Å². The van der Waals surface area contributed by atoms with Crippen LogP contribution in [0.2, 0.25) is 0 Å². The molecule has 1 fully saturated rings. The second-order valence-corrected chi connectivity index (χ2v) is 3.83. The molecule has 86 valence electrons. The van der Waals surface area contributed by atoms with Crippen molar-refractivity contribution >= 4 is 11.7 Å². The van der Waals surface area contributed by atoms with Crippen molar-refractivity contribution in [2.45, 2.75) is 12.2 Å². The van der Waals surface area contributed by atoms with Crippen molar-refractivity contribution in [3.8, 4) is 0 Å². The number of β-amino-alcohol motifs (C(OH)–C–C–N with tert-alkyl or cyclic N) is 2. The highest BCUT2D eigenvalue weighted by Gasteiger charge is 2.31. The predicted octanol–water partition coefficient (Wildman–Crippen LogP) is -1.09. The summed E-state index contributed by atoms with van der Waals surface area (Å²) in [6, 6.07) is 3.39. The molecule has 1 aliphatic heterocycles. The zero-order chi connectivity index (χ0) is 11.7. The van der Waals surface area contributed by atoms with E-state index in [9.17, 15) is 10.2 Å². The third-order valence-corrected chi connectivity index (χ3v) is 2.64. The number of aromatic nitrogens is 1. The fourth-order valence-electron chi connectivity index (χ4n) is 1.80. The van der Waals surface area contributed by atoms with Crippen molar-refractivity contribution in [3.05, 3.63) is 23.9 Å². The van der Waals surface area contributed by atoms with E-state index in [1.807, 2.05) is 0 Å². The predicted molar refractivity (Wildman–Crippen MR) is 59.5 cm³/mol. The van der Waals surface area contributed by atoms with Crippen LogP contribution in [0.25, 0.3) is 0 Å². The van der Waals surface area contributed by atoms with Crippen LogP contribution in [0.3, 0.4) is 0 Å². The number of aliphatic hydroxyl groups excluding tert-OH is 2. The van der Waals surface area contributed by atoms with Gasteiger partial charge in [0.1, 0.15) is 11.7 Å². The Balaban J connectivity index is 2.31. The maximum absolute atomic E-state index is 9.45. The Morgan fingerprint density at radius 1 is 1.44 bits per heavy atom. The Morgan fingerprint density at radius 3 is 2.62 bits per heavy atom. The van der Waals surface area contributed by atoms with Crippen LogP contribution < -0.4 is 10.6 Å². The molecular formula is C10H14N4O2. The van der Waals surface area contributed by atoms with Gasteiger partial charge >= 0.3 is 0 Å². The standard InChI is InChI=1S/C10H14N4O2/c11-9(12)6-2-1-3-13-10(6)14-4-7(15)8(16)5-14/h1-3,7-8,15-16H,4-5H2,(H3,11,12). The van der Waals surface area contributed by atoms with E-state index < -0.39 is 12.2 Å². The Hall–Kier alpha value is -1.66. The number of rotatable bonds is 2. The summed E-state index contributed by atoms with van der Waals surface area (Å²) in [7, 11) is 0. The molecule has 2 heterocycles. The summed E-state index contributed by atoms with van der Waals surface area (Å²) >= 11 is 0. The summed E-state index contributed by atoms with van der Waals surface area (Å²) in [6.45, 7) is 0.608. The monoisotopic (exact) mass is 222 g/mol. The van der Waals surface area contributed by atoms with Crippen LogP contribution in [-0.2, 0) is 0 Å². The van der Waals surface area contributed by atoms with Crippen LogP contribution in [0.15, 0.2) is 18.3 Å². The molecule has 1 saturated heterocycles. The molecule has 2 atom stereocenters. The number of nitrogens with one attached hydrogen (secondary N) is 1. The zero-order valence-electron chi connectivity index (χ0n) is 8.67. The number of amidine groups is 1. The minimum Gasteiger partial charge on any atom is -0.389 e. The summed E-state index contributed by atoms with van der Waals surface area (Å²) in [4.78, 5) is 5.86. The molecule has 0 saturated carbocycles. The van der Waals surface area contributed by atoms with Crippen molar-refractivity contribution in [2.24, 2.45) is 5.73 Å². The Labute approximate surface area is 92.8 Å². The molecule has 16 heavy (non-hydrogen) atoms. The van der Waals surface area contributed by atoms with E-state index in [0.29, 0.717) is 24.5 Å². The van der Waals surface area contributed by atoms with E-state index in [4.69, 9.17) is 11.1 Å². The third kappa shape index (κ3) is 1.84. The average Bonchev–Trinajstić information content (AvgIpc) is 2.59. The normalized spacial score (nSPS) is 24.8. The van der Waals surface area contributed by atoms with E-state index in [2.05, 4.69) is 4.98 Å². The van der Waals surface area contributed by atoms with Gasteiger partial charge in [0.25, 0.3) is 0 Å². The highest BCUT2D eigenvalue weighted by Crippen LogP contribution is 2.21. The molecule has 5 N–H and O–H groups in total. The van der Waals surface area contributed by atoms with Crippen LogP contribution in [-0.4, -0.2) is 46.3 Å². The number of aliphatic hydroxyl groups is 2. The molecule has 1 aromatic rings. The molecule has 1 aliphatic rings. The highest BCUT2D eigenvalue weighted by atomic mass is 16.3. The summed E-state index contributed by atoms with van der Waals surface area (Å²) in [6.07, 6.45) is 0.0439. The van der Waals surface area contributed by atoms with Crippen molar-refractivity contribution in [1.29, 1.82) is 5.41 Å². The quantitative estimate of drug-likeness (QED) is 0.375. The molecule has 0 spiro atoms. The van der Waals surface area contributed by atoms with Gasteiger partial charge in [0, 0.05) is 19.3 Å². The fraction of sp³-hybridized carbons (Fsp3) is 0.400.